The van der Waals surface area contributed by atoms with E-state index in [0.29, 0.717) is 13.1 Å². The molecule has 5 heteroatoms. The third-order valence-corrected chi connectivity index (χ3v) is 3.08. The number of hydrogen-bond acceptors (Lipinski definition) is 3. The van der Waals surface area contributed by atoms with Crippen molar-refractivity contribution in [1.82, 2.24) is 4.90 Å². The molecule has 0 spiro atoms. The SMILES string of the molecule is Cc1cccc(CN2CC(CC(=O)O)OCC2=O)c1. The van der Waals surface area contributed by atoms with E-state index in [1.54, 1.807) is 4.90 Å². The van der Waals surface area contributed by atoms with Gasteiger partial charge >= 0.3 is 5.97 Å². The molecule has 1 saturated heterocycles. The van der Waals surface area contributed by atoms with Crippen molar-refractivity contribution in [2.45, 2.75) is 26.0 Å². The number of ether oxygens (including phenoxy) is 1. The molecule has 2 rings (SSSR count). The Hall–Kier alpha value is -1.88. The Kier molecular flexibility index (Phi) is 4.16. The van der Waals surface area contributed by atoms with Gasteiger partial charge in [-0.2, -0.15) is 0 Å². The Balaban J connectivity index is 2.01. The van der Waals surface area contributed by atoms with E-state index < -0.39 is 12.1 Å². The first kappa shape index (κ1) is 13.5. The number of amides is 1. The van der Waals surface area contributed by atoms with E-state index in [4.69, 9.17) is 9.84 Å². The minimum atomic E-state index is -0.908. The lowest BCUT2D eigenvalue weighted by atomic mass is 10.1. The van der Waals surface area contributed by atoms with Gasteiger partial charge in [-0.15, -0.1) is 0 Å². The van der Waals surface area contributed by atoms with Gasteiger partial charge in [-0.1, -0.05) is 29.8 Å². The van der Waals surface area contributed by atoms with Gasteiger partial charge < -0.3 is 14.7 Å². The fourth-order valence-electron chi connectivity index (χ4n) is 2.18. The van der Waals surface area contributed by atoms with Crippen LogP contribution in [-0.2, 0) is 20.9 Å². The minimum Gasteiger partial charge on any atom is -0.481 e. The summed E-state index contributed by atoms with van der Waals surface area (Å²) in [6.45, 7) is 2.79. The van der Waals surface area contributed by atoms with Gasteiger partial charge in [-0.25, -0.2) is 0 Å². The van der Waals surface area contributed by atoms with Crippen molar-refractivity contribution in [3.63, 3.8) is 0 Å². The van der Waals surface area contributed by atoms with E-state index in [-0.39, 0.29) is 18.9 Å². The van der Waals surface area contributed by atoms with Crippen LogP contribution in [0.15, 0.2) is 24.3 Å². The molecular weight excluding hydrogens is 246 g/mol. The highest BCUT2D eigenvalue weighted by molar-refractivity contribution is 5.78. The summed E-state index contributed by atoms with van der Waals surface area (Å²) in [4.78, 5) is 24.1. The number of morpholine rings is 1. The summed E-state index contributed by atoms with van der Waals surface area (Å²) < 4.78 is 5.22. The summed E-state index contributed by atoms with van der Waals surface area (Å²) in [5.74, 6) is -1.00. The van der Waals surface area contributed by atoms with Crippen LogP contribution in [0.2, 0.25) is 0 Å². The highest BCUT2D eigenvalue weighted by Gasteiger charge is 2.27. The summed E-state index contributed by atoms with van der Waals surface area (Å²) in [5.41, 5.74) is 2.18. The highest BCUT2D eigenvalue weighted by atomic mass is 16.5. The number of hydrogen-bond donors (Lipinski definition) is 1. The maximum absolute atomic E-state index is 11.8. The zero-order valence-electron chi connectivity index (χ0n) is 10.8. The smallest absolute Gasteiger partial charge is 0.306 e. The van der Waals surface area contributed by atoms with E-state index >= 15 is 0 Å². The zero-order valence-corrected chi connectivity index (χ0v) is 10.8. The van der Waals surface area contributed by atoms with Crippen LogP contribution >= 0.6 is 0 Å². The number of benzene rings is 1. The third kappa shape index (κ3) is 3.79. The standard InChI is InChI=1S/C14H17NO4/c1-10-3-2-4-11(5-10)7-15-8-12(6-14(17)18)19-9-13(15)16/h2-5,12H,6-9H2,1H3,(H,17,18). The predicted octanol–water partition coefficient (Wildman–Crippen LogP) is 1.20. The topological polar surface area (TPSA) is 66.8 Å². The summed E-state index contributed by atoms with van der Waals surface area (Å²) in [6, 6.07) is 7.93. The molecule has 1 N–H and O–H groups in total. The fourth-order valence-corrected chi connectivity index (χ4v) is 2.18. The van der Waals surface area contributed by atoms with Crippen LogP contribution in [0.25, 0.3) is 0 Å². The molecule has 0 saturated carbocycles. The number of carboxylic acid groups (broad SMARTS) is 1. The first-order valence-corrected chi connectivity index (χ1v) is 6.21. The van der Waals surface area contributed by atoms with Crippen LogP contribution < -0.4 is 0 Å². The number of aryl methyl sites for hydroxylation is 1. The second kappa shape index (κ2) is 5.84. The third-order valence-electron chi connectivity index (χ3n) is 3.08. The lowest BCUT2D eigenvalue weighted by molar-refractivity contribution is -0.155. The maximum atomic E-state index is 11.8. The van der Waals surface area contributed by atoms with Gasteiger partial charge in [0.25, 0.3) is 0 Å². The van der Waals surface area contributed by atoms with Crippen molar-refractivity contribution in [2.75, 3.05) is 13.2 Å². The number of carboxylic acids is 1. The van der Waals surface area contributed by atoms with Crippen molar-refractivity contribution in [3.8, 4) is 0 Å². The van der Waals surface area contributed by atoms with Crippen LogP contribution in [0.1, 0.15) is 17.5 Å². The molecule has 1 aromatic rings. The molecule has 1 aliphatic rings. The Morgan fingerprint density at radius 1 is 1.53 bits per heavy atom. The molecule has 5 nitrogen and oxygen atoms in total. The van der Waals surface area contributed by atoms with Gasteiger partial charge in [0.05, 0.1) is 12.5 Å². The largest absolute Gasteiger partial charge is 0.481 e. The normalized spacial score (nSPS) is 19.5. The zero-order chi connectivity index (χ0) is 13.8. The number of nitrogens with zero attached hydrogens (tertiary/aromatic N) is 1. The van der Waals surface area contributed by atoms with Gasteiger partial charge in [0, 0.05) is 13.1 Å². The maximum Gasteiger partial charge on any atom is 0.306 e. The molecule has 1 atom stereocenters. The average molecular weight is 263 g/mol. The quantitative estimate of drug-likeness (QED) is 0.886. The van der Waals surface area contributed by atoms with E-state index in [0.717, 1.165) is 11.1 Å². The molecule has 0 aromatic heterocycles. The Morgan fingerprint density at radius 3 is 3.00 bits per heavy atom. The van der Waals surface area contributed by atoms with Gasteiger partial charge in [-0.3, -0.25) is 9.59 Å². The summed E-state index contributed by atoms with van der Waals surface area (Å²) in [5, 5.41) is 8.76. The molecule has 0 aliphatic carbocycles. The van der Waals surface area contributed by atoms with Gasteiger partial charge in [-0.05, 0) is 12.5 Å². The van der Waals surface area contributed by atoms with Gasteiger partial charge in [0.1, 0.15) is 6.61 Å². The van der Waals surface area contributed by atoms with E-state index in [9.17, 15) is 9.59 Å². The lowest BCUT2D eigenvalue weighted by Crippen LogP contribution is -2.46. The number of carbonyl (C=O) groups excluding carboxylic acids is 1. The molecular formula is C14H17NO4. The molecule has 1 aromatic carbocycles. The first-order valence-electron chi connectivity index (χ1n) is 6.21. The lowest BCUT2D eigenvalue weighted by Gasteiger charge is -2.32. The summed E-state index contributed by atoms with van der Waals surface area (Å²) in [7, 11) is 0. The molecule has 1 amide bonds. The van der Waals surface area contributed by atoms with Crippen molar-refractivity contribution >= 4 is 11.9 Å². The summed E-state index contributed by atoms with van der Waals surface area (Å²) >= 11 is 0. The highest BCUT2D eigenvalue weighted by Crippen LogP contribution is 2.14. The van der Waals surface area contributed by atoms with Crippen LogP contribution in [-0.4, -0.2) is 41.1 Å². The molecule has 102 valence electrons. The Bertz CT molecular complexity index is 486. The van der Waals surface area contributed by atoms with E-state index in [1.165, 1.54) is 0 Å². The Morgan fingerprint density at radius 2 is 2.32 bits per heavy atom. The van der Waals surface area contributed by atoms with Crippen molar-refractivity contribution < 1.29 is 19.4 Å². The minimum absolute atomic E-state index is 0.0379. The Labute approximate surface area is 111 Å². The van der Waals surface area contributed by atoms with Crippen molar-refractivity contribution in [3.05, 3.63) is 35.4 Å². The van der Waals surface area contributed by atoms with Crippen molar-refractivity contribution in [1.29, 1.82) is 0 Å². The average Bonchev–Trinajstić information content (AvgIpc) is 2.33. The van der Waals surface area contributed by atoms with Crippen LogP contribution in [0.3, 0.4) is 0 Å². The molecule has 0 radical (unpaired) electrons. The molecule has 1 aliphatic heterocycles. The molecule has 0 bridgehead atoms. The number of carbonyl (C=O) groups is 2. The van der Waals surface area contributed by atoms with Crippen molar-refractivity contribution in [2.24, 2.45) is 0 Å². The van der Waals surface area contributed by atoms with Crippen LogP contribution in [0, 0.1) is 6.92 Å². The second-order valence-corrected chi connectivity index (χ2v) is 4.79. The van der Waals surface area contributed by atoms with Gasteiger partial charge in [0.15, 0.2) is 0 Å². The fraction of sp³-hybridized carbons (Fsp3) is 0.429. The predicted molar refractivity (Wildman–Crippen MR) is 68.6 cm³/mol. The van der Waals surface area contributed by atoms with Crippen LogP contribution in [0.5, 0.6) is 0 Å². The van der Waals surface area contributed by atoms with E-state index in [2.05, 4.69) is 0 Å². The summed E-state index contributed by atoms with van der Waals surface area (Å²) in [6.07, 6.45) is -0.488. The number of aliphatic carboxylic acids is 1. The molecule has 19 heavy (non-hydrogen) atoms. The monoisotopic (exact) mass is 263 g/mol. The molecule has 1 heterocycles. The molecule has 1 fully saturated rings. The van der Waals surface area contributed by atoms with E-state index in [1.807, 2.05) is 31.2 Å². The van der Waals surface area contributed by atoms with Crippen LogP contribution in [0.4, 0.5) is 0 Å². The van der Waals surface area contributed by atoms with Gasteiger partial charge in [0.2, 0.25) is 5.91 Å². The number of rotatable bonds is 4. The molecule has 1 unspecified atom stereocenters. The second-order valence-electron chi connectivity index (χ2n) is 4.79. The first-order chi connectivity index (χ1) is 9.04.